The Morgan fingerprint density at radius 1 is 1.00 bits per heavy atom. The SMILES string of the molecule is CCOc1ccccc1CN1CCN(Cc2cccc(OC)c2O)C[C@@H]1CCO. The van der Waals surface area contributed by atoms with Crippen LogP contribution in [0.25, 0.3) is 0 Å². The zero-order valence-corrected chi connectivity index (χ0v) is 17.4. The van der Waals surface area contributed by atoms with Gasteiger partial charge in [0.2, 0.25) is 0 Å². The van der Waals surface area contributed by atoms with E-state index in [1.165, 1.54) is 5.56 Å². The molecule has 0 spiro atoms. The number of rotatable bonds is 9. The Morgan fingerprint density at radius 2 is 1.76 bits per heavy atom. The third-order valence-corrected chi connectivity index (χ3v) is 5.49. The van der Waals surface area contributed by atoms with E-state index in [2.05, 4.69) is 15.9 Å². The van der Waals surface area contributed by atoms with Crippen molar-refractivity contribution in [3.05, 3.63) is 53.6 Å². The molecule has 0 aromatic heterocycles. The number of aromatic hydroxyl groups is 1. The molecule has 1 fully saturated rings. The molecule has 2 aromatic rings. The summed E-state index contributed by atoms with van der Waals surface area (Å²) in [5.41, 5.74) is 2.04. The number of nitrogens with zero attached hydrogens (tertiary/aromatic N) is 2. The average molecular weight is 401 g/mol. The fourth-order valence-electron chi connectivity index (χ4n) is 3.98. The second kappa shape index (κ2) is 10.5. The number of phenols is 1. The number of ether oxygens (including phenoxy) is 2. The molecule has 1 heterocycles. The number of hydrogen-bond acceptors (Lipinski definition) is 6. The van der Waals surface area contributed by atoms with Gasteiger partial charge in [-0.05, 0) is 25.5 Å². The topological polar surface area (TPSA) is 65.4 Å². The first kappa shape index (κ1) is 21.4. The fourth-order valence-corrected chi connectivity index (χ4v) is 3.98. The van der Waals surface area contributed by atoms with Crippen molar-refractivity contribution in [3.63, 3.8) is 0 Å². The Balaban J connectivity index is 1.68. The molecule has 0 unspecified atom stereocenters. The lowest BCUT2D eigenvalue weighted by molar-refractivity contribution is 0.0490. The minimum Gasteiger partial charge on any atom is -0.504 e. The predicted molar refractivity (Wildman–Crippen MR) is 113 cm³/mol. The van der Waals surface area contributed by atoms with E-state index in [4.69, 9.17) is 9.47 Å². The molecule has 0 radical (unpaired) electrons. The van der Waals surface area contributed by atoms with Crippen molar-refractivity contribution in [2.24, 2.45) is 0 Å². The Morgan fingerprint density at radius 3 is 2.52 bits per heavy atom. The van der Waals surface area contributed by atoms with E-state index in [-0.39, 0.29) is 18.4 Å². The van der Waals surface area contributed by atoms with E-state index in [9.17, 15) is 10.2 Å². The van der Waals surface area contributed by atoms with Gasteiger partial charge in [0.1, 0.15) is 5.75 Å². The van der Waals surface area contributed by atoms with Gasteiger partial charge in [-0.3, -0.25) is 9.80 Å². The number of hydrogen-bond donors (Lipinski definition) is 2. The first-order valence-corrected chi connectivity index (χ1v) is 10.3. The first-order chi connectivity index (χ1) is 14.2. The summed E-state index contributed by atoms with van der Waals surface area (Å²) >= 11 is 0. The maximum Gasteiger partial charge on any atom is 0.162 e. The predicted octanol–water partition coefficient (Wildman–Crippen LogP) is 2.87. The van der Waals surface area contributed by atoms with Gasteiger partial charge in [-0.15, -0.1) is 0 Å². The van der Waals surface area contributed by atoms with E-state index >= 15 is 0 Å². The Kier molecular flexibility index (Phi) is 7.75. The zero-order valence-electron chi connectivity index (χ0n) is 17.4. The molecule has 6 nitrogen and oxygen atoms in total. The molecule has 3 rings (SSSR count). The Hall–Kier alpha value is -2.28. The van der Waals surface area contributed by atoms with Gasteiger partial charge < -0.3 is 19.7 Å². The number of aliphatic hydroxyl groups excluding tert-OH is 1. The van der Waals surface area contributed by atoms with E-state index in [1.807, 2.05) is 37.3 Å². The minimum atomic E-state index is 0.159. The van der Waals surface area contributed by atoms with Gasteiger partial charge in [0, 0.05) is 56.5 Å². The molecular formula is C23H32N2O4. The number of aliphatic hydroxyl groups is 1. The molecule has 0 saturated carbocycles. The van der Waals surface area contributed by atoms with Crippen molar-refractivity contribution in [1.82, 2.24) is 9.80 Å². The third kappa shape index (κ3) is 5.41. The maximum atomic E-state index is 10.4. The quantitative estimate of drug-likeness (QED) is 0.675. The number of para-hydroxylation sites is 2. The van der Waals surface area contributed by atoms with Gasteiger partial charge in [0.25, 0.3) is 0 Å². The summed E-state index contributed by atoms with van der Waals surface area (Å²) in [6, 6.07) is 14.0. The summed E-state index contributed by atoms with van der Waals surface area (Å²) in [5.74, 6) is 1.64. The van der Waals surface area contributed by atoms with Crippen molar-refractivity contribution < 1.29 is 19.7 Å². The monoisotopic (exact) mass is 400 g/mol. The lowest BCUT2D eigenvalue weighted by Crippen LogP contribution is -2.52. The van der Waals surface area contributed by atoms with Crippen LogP contribution < -0.4 is 9.47 Å². The number of benzene rings is 2. The maximum absolute atomic E-state index is 10.4. The van der Waals surface area contributed by atoms with E-state index in [0.29, 0.717) is 18.9 Å². The van der Waals surface area contributed by atoms with Gasteiger partial charge in [0.05, 0.1) is 13.7 Å². The third-order valence-electron chi connectivity index (χ3n) is 5.49. The fraction of sp³-hybridized carbons (Fsp3) is 0.478. The Bertz CT molecular complexity index is 783. The molecular weight excluding hydrogens is 368 g/mol. The lowest BCUT2D eigenvalue weighted by Gasteiger charge is -2.41. The van der Waals surface area contributed by atoms with Crippen LogP contribution in [0.1, 0.15) is 24.5 Å². The standard InChI is InChI=1S/C23H32N2O4/c1-3-29-21-9-5-4-7-18(21)16-25-13-12-24(17-20(25)11-14-26)15-19-8-6-10-22(28-2)23(19)27/h4-10,20,26-27H,3,11-17H2,1-2H3/t20-/m0/s1. The van der Waals surface area contributed by atoms with Gasteiger partial charge in [0.15, 0.2) is 11.5 Å². The molecule has 2 N–H and O–H groups in total. The van der Waals surface area contributed by atoms with Gasteiger partial charge >= 0.3 is 0 Å². The molecule has 158 valence electrons. The Labute approximate surface area is 173 Å². The van der Waals surface area contributed by atoms with Crippen LogP contribution in [0.2, 0.25) is 0 Å². The van der Waals surface area contributed by atoms with Gasteiger partial charge in [-0.1, -0.05) is 30.3 Å². The number of piperazine rings is 1. The summed E-state index contributed by atoms with van der Waals surface area (Å²) < 4.78 is 11.0. The van der Waals surface area contributed by atoms with Gasteiger partial charge in [-0.2, -0.15) is 0 Å². The number of phenolic OH excluding ortho intramolecular Hbond substituents is 1. The normalized spacial score (nSPS) is 18.0. The largest absolute Gasteiger partial charge is 0.504 e. The van der Waals surface area contributed by atoms with Gasteiger partial charge in [-0.25, -0.2) is 0 Å². The van der Waals surface area contributed by atoms with Crippen LogP contribution in [0.4, 0.5) is 0 Å². The van der Waals surface area contributed by atoms with E-state index in [1.54, 1.807) is 13.2 Å². The van der Waals surface area contributed by atoms with E-state index < -0.39 is 0 Å². The zero-order chi connectivity index (χ0) is 20.6. The number of methoxy groups -OCH3 is 1. The summed E-state index contributed by atoms with van der Waals surface area (Å²) in [6.07, 6.45) is 0.720. The molecule has 0 amide bonds. The van der Waals surface area contributed by atoms with Crippen LogP contribution in [0, 0.1) is 0 Å². The highest BCUT2D eigenvalue weighted by Crippen LogP contribution is 2.31. The molecule has 0 bridgehead atoms. The second-order valence-electron chi connectivity index (χ2n) is 7.38. The summed E-state index contributed by atoms with van der Waals surface area (Å²) in [5, 5.41) is 20.0. The highest BCUT2D eigenvalue weighted by Gasteiger charge is 2.28. The van der Waals surface area contributed by atoms with Crippen molar-refractivity contribution in [1.29, 1.82) is 0 Å². The average Bonchev–Trinajstić information content (AvgIpc) is 2.73. The van der Waals surface area contributed by atoms with Crippen molar-refractivity contribution in [3.8, 4) is 17.2 Å². The van der Waals surface area contributed by atoms with Crippen LogP contribution >= 0.6 is 0 Å². The van der Waals surface area contributed by atoms with Crippen molar-refractivity contribution >= 4 is 0 Å². The lowest BCUT2D eigenvalue weighted by atomic mass is 10.1. The smallest absolute Gasteiger partial charge is 0.162 e. The minimum absolute atomic E-state index is 0.159. The molecule has 1 saturated heterocycles. The summed E-state index contributed by atoms with van der Waals surface area (Å²) in [6.45, 7) is 6.91. The van der Waals surface area contributed by atoms with Crippen LogP contribution in [0.15, 0.2) is 42.5 Å². The second-order valence-corrected chi connectivity index (χ2v) is 7.38. The molecule has 0 aliphatic carbocycles. The van der Waals surface area contributed by atoms with Crippen LogP contribution in [0.3, 0.4) is 0 Å². The van der Waals surface area contributed by atoms with Crippen LogP contribution in [-0.4, -0.2) is 66.0 Å². The van der Waals surface area contributed by atoms with Crippen molar-refractivity contribution in [2.45, 2.75) is 32.5 Å². The molecule has 29 heavy (non-hydrogen) atoms. The molecule has 6 heteroatoms. The summed E-state index contributed by atoms with van der Waals surface area (Å²) in [7, 11) is 1.56. The molecule has 1 atom stereocenters. The molecule has 1 aliphatic heterocycles. The highest BCUT2D eigenvalue weighted by atomic mass is 16.5. The highest BCUT2D eigenvalue weighted by molar-refractivity contribution is 5.45. The first-order valence-electron chi connectivity index (χ1n) is 10.3. The van der Waals surface area contributed by atoms with Crippen LogP contribution in [-0.2, 0) is 13.1 Å². The van der Waals surface area contributed by atoms with E-state index in [0.717, 1.165) is 43.9 Å². The molecule has 2 aromatic carbocycles. The molecule has 1 aliphatic rings. The summed E-state index contributed by atoms with van der Waals surface area (Å²) in [4.78, 5) is 4.76. The van der Waals surface area contributed by atoms with Crippen LogP contribution in [0.5, 0.6) is 17.2 Å². The van der Waals surface area contributed by atoms with Crippen molar-refractivity contribution in [2.75, 3.05) is 40.0 Å².